The van der Waals surface area contributed by atoms with Crippen LogP contribution in [0.15, 0.2) is 18.2 Å². The van der Waals surface area contributed by atoms with Crippen molar-refractivity contribution in [3.8, 4) is 0 Å². The van der Waals surface area contributed by atoms with Gasteiger partial charge in [-0.15, -0.1) is 0 Å². The third-order valence-electron chi connectivity index (χ3n) is 1.95. The quantitative estimate of drug-likeness (QED) is 0.657. The number of aromatic nitrogens is 1. The standard InChI is InChI=1S/C13H20N2O2S/c1-13(2,3)17-12(16)7-8-18-9-10-5-4-6-11(14)15-10/h4-6H,7-9H2,1-3H3,(H2,14,15). The number of pyridine rings is 1. The third kappa shape index (κ3) is 6.49. The maximum absolute atomic E-state index is 11.5. The van der Waals surface area contributed by atoms with Crippen molar-refractivity contribution in [2.75, 3.05) is 11.5 Å². The molecule has 0 saturated heterocycles. The van der Waals surface area contributed by atoms with Gasteiger partial charge in [0.1, 0.15) is 11.4 Å². The van der Waals surface area contributed by atoms with Crippen molar-refractivity contribution in [2.45, 2.75) is 38.5 Å². The van der Waals surface area contributed by atoms with Gasteiger partial charge in [0, 0.05) is 11.5 Å². The normalized spacial score (nSPS) is 11.3. The fraction of sp³-hybridized carbons (Fsp3) is 0.538. The Morgan fingerprint density at radius 2 is 2.17 bits per heavy atom. The number of hydrogen-bond acceptors (Lipinski definition) is 5. The van der Waals surface area contributed by atoms with Gasteiger partial charge in [-0.05, 0) is 32.9 Å². The molecule has 1 aromatic rings. The maximum atomic E-state index is 11.5. The summed E-state index contributed by atoms with van der Waals surface area (Å²) in [5, 5.41) is 0. The molecule has 100 valence electrons. The van der Waals surface area contributed by atoms with Gasteiger partial charge in [-0.2, -0.15) is 11.8 Å². The van der Waals surface area contributed by atoms with Crippen LogP contribution in [0.3, 0.4) is 0 Å². The number of ether oxygens (including phenoxy) is 1. The second-order valence-electron chi connectivity index (χ2n) is 4.94. The molecule has 0 unspecified atom stereocenters. The van der Waals surface area contributed by atoms with Gasteiger partial charge in [-0.1, -0.05) is 6.07 Å². The van der Waals surface area contributed by atoms with E-state index in [1.807, 2.05) is 32.9 Å². The van der Waals surface area contributed by atoms with Gasteiger partial charge < -0.3 is 10.5 Å². The first-order valence-corrected chi connectivity index (χ1v) is 7.03. The fourth-order valence-corrected chi connectivity index (χ4v) is 2.13. The van der Waals surface area contributed by atoms with Crippen LogP contribution >= 0.6 is 11.8 Å². The van der Waals surface area contributed by atoms with Crippen LogP contribution in [0.25, 0.3) is 0 Å². The Kier molecular flexibility index (Phi) is 5.47. The van der Waals surface area contributed by atoms with Gasteiger partial charge in [0.05, 0.1) is 12.1 Å². The molecule has 0 aliphatic heterocycles. The second kappa shape index (κ2) is 6.64. The Morgan fingerprint density at radius 3 is 2.78 bits per heavy atom. The molecule has 0 saturated carbocycles. The van der Waals surface area contributed by atoms with Crippen molar-refractivity contribution in [1.82, 2.24) is 4.98 Å². The maximum Gasteiger partial charge on any atom is 0.307 e. The zero-order valence-electron chi connectivity index (χ0n) is 11.1. The summed E-state index contributed by atoms with van der Waals surface area (Å²) in [6, 6.07) is 5.57. The Balaban J connectivity index is 2.21. The molecule has 1 rings (SSSR count). The average Bonchev–Trinajstić information content (AvgIpc) is 2.22. The lowest BCUT2D eigenvalue weighted by Crippen LogP contribution is -2.24. The van der Waals surface area contributed by atoms with E-state index in [1.54, 1.807) is 17.8 Å². The number of nitrogens with two attached hydrogens (primary N) is 1. The van der Waals surface area contributed by atoms with E-state index in [9.17, 15) is 4.79 Å². The number of thioether (sulfide) groups is 1. The van der Waals surface area contributed by atoms with Crippen LogP contribution in [0.2, 0.25) is 0 Å². The van der Waals surface area contributed by atoms with Crippen LogP contribution in [0.4, 0.5) is 5.82 Å². The van der Waals surface area contributed by atoms with Gasteiger partial charge in [0.25, 0.3) is 0 Å². The van der Waals surface area contributed by atoms with Crippen molar-refractivity contribution in [3.63, 3.8) is 0 Å². The number of hydrogen-bond donors (Lipinski definition) is 1. The summed E-state index contributed by atoms with van der Waals surface area (Å²) in [7, 11) is 0. The van der Waals surface area contributed by atoms with Crippen LogP contribution in [0.1, 0.15) is 32.9 Å². The second-order valence-corrected chi connectivity index (χ2v) is 6.05. The molecule has 0 bridgehead atoms. The molecule has 4 nitrogen and oxygen atoms in total. The first-order chi connectivity index (χ1) is 8.37. The molecule has 5 heteroatoms. The highest BCUT2D eigenvalue weighted by Gasteiger charge is 2.15. The summed E-state index contributed by atoms with van der Waals surface area (Å²) in [6.45, 7) is 5.61. The molecule has 2 N–H and O–H groups in total. The van der Waals surface area contributed by atoms with E-state index in [1.165, 1.54) is 0 Å². The largest absolute Gasteiger partial charge is 0.460 e. The molecule has 1 heterocycles. The van der Waals surface area contributed by atoms with Crippen molar-refractivity contribution < 1.29 is 9.53 Å². The highest BCUT2D eigenvalue weighted by atomic mass is 32.2. The molecule has 0 radical (unpaired) electrons. The van der Waals surface area contributed by atoms with E-state index in [-0.39, 0.29) is 5.97 Å². The molecule has 0 aliphatic rings. The lowest BCUT2D eigenvalue weighted by Gasteiger charge is -2.19. The minimum atomic E-state index is -0.406. The Labute approximate surface area is 112 Å². The lowest BCUT2D eigenvalue weighted by atomic mass is 10.2. The molecule has 0 spiro atoms. The lowest BCUT2D eigenvalue weighted by molar-refractivity contribution is -0.154. The summed E-state index contributed by atoms with van der Waals surface area (Å²) in [6.07, 6.45) is 0.421. The highest BCUT2D eigenvalue weighted by molar-refractivity contribution is 7.98. The number of nitrogens with zero attached hydrogens (tertiary/aromatic N) is 1. The molecule has 18 heavy (non-hydrogen) atoms. The summed E-state index contributed by atoms with van der Waals surface area (Å²) in [5.41, 5.74) is 6.11. The van der Waals surface area contributed by atoms with E-state index in [2.05, 4.69) is 4.98 Å². The van der Waals surface area contributed by atoms with E-state index >= 15 is 0 Å². The molecule has 0 fully saturated rings. The van der Waals surface area contributed by atoms with E-state index in [4.69, 9.17) is 10.5 Å². The van der Waals surface area contributed by atoms with Crippen LogP contribution in [-0.4, -0.2) is 22.3 Å². The molecular formula is C13H20N2O2S. The summed E-state index contributed by atoms with van der Waals surface area (Å²) in [4.78, 5) is 15.6. The summed E-state index contributed by atoms with van der Waals surface area (Å²) in [5.74, 6) is 1.86. The molecular weight excluding hydrogens is 248 g/mol. The number of rotatable bonds is 5. The molecule has 0 atom stereocenters. The monoisotopic (exact) mass is 268 g/mol. The Hall–Kier alpha value is -1.23. The first-order valence-electron chi connectivity index (χ1n) is 5.88. The molecule has 0 aromatic carbocycles. The van der Waals surface area contributed by atoms with Crippen LogP contribution in [0.5, 0.6) is 0 Å². The highest BCUT2D eigenvalue weighted by Crippen LogP contribution is 2.14. The van der Waals surface area contributed by atoms with Crippen LogP contribution in [-0.2, 0) is 15.3 Å². The van der Waals surface area contributed by atoms with E-state index in [0.29, 0.717) is 12.2 Å². The molecule has 0 aliphatic carbocycles. The van der Waals surface area contributed by atoms with Gasteiger partial charge >= 0.3 is 5.97 Å². The molecule has 1 aromatic heterocycles. The smallest absolute Gasteiger partial charge is 0.307 e. The van der Waals surface area contributed by atoms with E-state index in [0.717, 1.165) is 17.2 Å². The van der Waals surface area contributed by atoms with Gasteiger partial charge in [0.2, 0.25) is 0 Å². The Morgan fingerprint density at radius 1 is 1.44 bits per heavy atom. The topological polar surface area (TPSA) is 65.2 Å². The zero-order chi connectivity index (χ0) is 13.6. The predicted octanol–water partition coefficient (Wildman–Crippen LogP) is 2.63. The van der Waals surface area contributed by atoms with Crippen molar-refractivity contribution in [1.29, 1.82) is 0 Å². The minimum Gasteiger partial charge on any atom is -0.460 e. The van der Waals surface area contributed by atoms with Gasteiger partial charge in [0.15, 0.2) is 0 Å². The van der Waals surface area contributed by atoms with Crippen molar-refractivity contribution in [2.24, 2.45) is 0 Å². The van der Waals surface area contributed by atoms with Crippen LogP contribution in [0, 0.1) is 0 Å². The van der Waals surface area contributed by atoms with Crippen molar-refractivity contribution in [3.05, 3.63) is 23.9 Å². The average molecular weight is 268 g/mol. The minimum absolute atomic E-state index is 0.157. The van der Waals surface area contributed by atoms with Crippen LogP contribution < -0.4 is 5.73 Å². The number of carbonyl (C=O) groups is 1. The number of nitrogen functional groups attached to an aromatic ring is 1. The number of esters is 1. The van der Waals surface area contributed by atoms with E-state index < -0.39 is 5.60 Å². The van der Waals surface area contributed by atoms with Gasteiger partial charge in [-0.25, -0.2) is 4.98 Å². The Bertz CT molecular complexity index is 402. The van der Waals surface area contributed by atoms with Crippen molar-refractivity contribution >= 4 is 23.5 Å². The third-order valence-corrected chi connectivity index (χ3v) is 2.94. The summed E-state index contributed by atoms with van der Waals surface area (Å²) < 4.78 is 5.22. The first kappa shape index (κ1) is 14.8. The zero-order valence-corrected chi connectivity index (χ0v) is 11.9. The fourth-order valence-electron chi connectivity index (χ4n) is 1.30. The van der Waals surface area contributed by atoms with Gasteiger partial charge in [-0.3, -0.25) is 4.79 Å². The number of carbonyl (C=O) groups excluding carboxylic acids is 1. The molecule has 0 amide bonds. The number of anilines is 1. The summed E-state index contributed by atoms with van der Waals surface area (Å²) >= 11 is 1.65. The predicted molar refractivity (Wildman–Crippen MR) is 75.3 cm³/mol. The SMILES string of the molecule is CC(C)(C)OC(=O)CCSCc1cccc(N)n1.